The van der Waals surface area contributed by atoms with Crippen LogP contribution in [0.15, 0.2) is 158 Å². The number of carbonyl (C=O) groups excluding carboxylic acids is 3. The number of hydrogen-bond donors (Lipinski definition) is 0. The van der Waals surface area contributed by atoms with Crippen LogP contribution < -0.4 is 0 Å². The summed E-state index contributed by atoms with van der Waals surface area (Å²) in [6.45, 7) is 6.34. The zero-order valence-corrected chi connectivity index (χ0v) is 50.1. The average molecular weight is 1080 g/mol. The van der Waals surface area contributed by atoms with Crippen molar-refractivity contribution >= 4 is 17.9 Å². The fourth-order valence-electron chi connectivity index (χ4n) is 8.09. The Balaban J connectivity index is 4.44. The lowest BCUT2D eigenvalue weighted by Gasteiger charge is -2.18. The molecule has 0 aromatic rings. The molecule has 0 fully saturated rings. The molecule has 0 aromatic carbocycles. The maximum atomic E-state index is 12.9. The van der Waals surface area contributed by atoms with Gasteiger partial charge in [0.25, 0.3) is 0 Å². The van der Waals surface area contributed by atoms with Gasteiger partial charge in [-0.25, -0.2) is 0 Å². The average Bonchev–Trinajstić information content (AvgIpc) is 3.44. The Labute approximate surface area is 480 Å². The summed E-state index contributed by atoms with van der Waals surface area (Å²) >= 11 is 0. The van der Waals surface area contributed by atoms with Gasteiger partial charge in [0.2, 0.25) is 0 Å². The molecule has 0 saturated heterocycles. The first-order chi connectivity index (χ1) is 38.5. The second-order valence-electron chi connectivity index (χ2n) is 20.2. The van der Waals surface area contributed by atoms with E-state index in [2.05, 4.69) is 179 Å². The number of allylic oxidation sites excluding steroid dienone is 26. The molecular formula is C72H114O6. The second-order valence-corrected chi connectivity index (χ2v) is 20.2. The third-order valence-electron chi connectivity index (χ3n) is 12.7. The summed E-state index contributed by atoms with van der Waals surface area (Å²) in [5.41, 5.74) is 0. The standard InChI is InChI=1S/C72H114O6/c1-4-7-10-13-16-19-22-25-27-29-31-33-34-35-36-37-38-40-41-43-45-47-50-53-56-59-62-65-71(74)77-68-69(67-76-70(73)64-61-58-55-52-49-24-21-18-15-12-9-6-3)78-72(75)66-63-60-57-54-51-48-46-44-42-39-32-30-28-26-23-20-17-14-11-8-5-2/h7-8,10-11,16-21,25-28,31-33,35-36,38-40,43-46,69H,4-6,9,12-15,22-24,29-30,34,37,41-42,47-68H2,1-3H3/b10-7-,11-8-,19-16-,20-17-,21-18-,27-25-,28-26-,33-31-,36-35-,39-32-,40-38-,45-43-,46-44-. The fourth-order valence-corrected chi connectivity index (χ4v) is 8.09. The Morgan fingerprint density at radius 3 is 0.795 bits per heavy atom. The van der Waals surface area contributed by atoms with Gasteiger partial charge in [0.05, 0.1) is 0 Å². The van der Waals surface area contributed by atoms with Crippen LogP contribution in [-0.4, -0.2) is 37.2 Å². The van der Waals surface area contributed by atoms with Gasteiger partial charge in [0.15, 0.2) is 6.10 Å². The molecule has 438 valence electrons. The van der Waals surface area contributed by atoms with E-state index in [1.165, 1.54) is 32.1 Å². The molecule has 0 aliphatic rings. The van der Waals surface area contributed by atoms with E-state index in [1.54, 1.807) is 0 Å². The number of unbranched alkanes of at least 4 members (excludes halogenated alkanes) is 18. The molecule has 1 atom stereocenters. The first-order valence-electron chi connectivity index (χ1n) is 31.5. The van der Waals surface area contributed by atoms with E-state index in [1.807, 2.05) is 0 Å². The third-order valence-corrected chi connectivity index (χ3v) is 12.7. The van der Waals surface area contributed by atoms with Crippen molar-refractivity contribution in [3.05, 3.63) is 158 Å². The van der Waals surface area contributed by atoms with E-state index >= 15 is 0 Å². The van der Waals surface area contributed by atoms with Crippen molar-refractivity contribution in [2.75, 3.05) is 13.2 Å². The number of esters is 3. The first kappa shape index (κ1) is 73.0. The Kier molecular flexibility index (Phi) is 60.4. The van der Waals surface area contributed by atoms with Crippen LogP contribution in [0, 0.1) is 0 Å². The molecule has 78 heavy (non-hydrogen) atoms. The third kappa shape index (κ3) is 61.9. The second kappa shape index (κ2) is 64.6. The predicted octanol–water partition coefficient (Wildman–Crippen LogP) is 21.7. The number of ether oxygens (including phenoxy) is 3. The molecule has 6 nitrogen and oxygen atoms in total. The lowest BCUT2D eigenvalue weighted by atomic mass is 10.1. The zero-order chi connectivity index (χ0) is 56.4. The van der Waals surface area contributed by atoms with Crippen molar-refractivity contribution in [2.24, 2.45) is 0 Å². The monoisotopic (exact) mass is 1070 g/mol. The molecule has 0 bridgehead atoms. The minimum Gasteiger partial charge on any atom is -0.462 e. The number of rotatable bonds is 55. The normalized spacial score (nSPS) is 13.2. The summed E-state index contributed by atoms with van der Waals surface area (Å²) in [5.74, 6) is -0.955. The fraction of sp³-hybridized carbons (Fsp3) is 0.597. The van der Waals surface area contributed by atoms with Gasteiger partial charge in [-0.05, 0) is 148 Å². The summed E-state index contributed by atoms with van der Waals surface area (Å²) in [6, 6.07) is 0. The molecule has 0 saturated carbocycles. The Morgan fingerprint density at radius 1 is 0.269 bits per heavy atom. The maximum Gasteiger partial charge on any atom is 0.306 e. The van der Waals surface area contributed by atoms with Gasteiger partial charge in [-0.1, -0.05) is 249 Å². The molecule has 0 aliphatic carbocycles. The largest absolute Gasteiger partial charge is 0.462 e. The zero-order valence-electron chi connectivity index (χ0n) is 50.1. The van der Waals surface area contributed by atoms with Gasteiger partial charge in [-0.3, -0.25) is 14.4 Å². The van der Waals surface area contributed by atoms with E-state index in [9.17, 15) is 14.4 Å². The predicted molar refractivity (Wildman–Crippen MR) is 338 cm³/mol. The lowest BCUT2D eigenvalue weighted by Crippen LogP contribution is -2.30. The van der Waals surface area contributed by atoms with E-state index in [0.717, 1.165) is 186 Å². The van der Waals surface area contributed by atoms with E-state index < -0.39 is 6.10 Å². The quantitative estimate of drug-likeness (QED) is 0.0261. The van der Waals surface area contributed by atoms with Gasteiger partial charge >= 0.3 is 17.9 Å². The highest BCUT2D eigenvalue weighted by atomic mass is 16.6. The van der Waals surface area contributed by atoms with Gasteiger partial charge < -0.3 is 14.2 Å². The molecule has 1 unspecified atom stereocenters. The summed E-state index contributed by atoms with van der Waals surface area (Å²) < 4.78 is 16.9. The van der Waals surface area contributed by atoms with Gasteiger partial charge in [-0.2, -0.15) is 0 Å². The first-order valence-corrected chi connectivity index (χ1v) is 31.5. The van der Waals surface area contributed by atoms with Crippen molar-refractivity contribution in [1.29, 1.82) is 0 Å². The minimum absolute atomic E-state index is 0.103. The van der Waals surface area contributed by atoms with Crippen LogP contribution in [-0.2, 0) is 28.6 Å². The van der Waals surface area contributed by atoms with Crippen molar-refractivity contribution in [3.63, 3.8) is 0 Å². The number of carbonyl (C=O) groups is 3. The van der Waals surface area contributed by atoms with Crippen LogP contribution in [0.5, 0.6) is 0 Å². The minimum atomic E-state index is -0.809. The molecule has 6 heteroatoms. The van der Waals surface area contributed by atoms with Gasteiger partial charge in [0, 0.05) is 19.3 Å². The summed E-state index contributed by atoms with van der Waals surface area (Å²) in [5, 5.41) is 0. The number of hydrogen-bond acceptors (Lipinski definition) is 6. The molecule has 0 aromatic heterocycles. The van der Waals surface area contributed by atoms with Crippen molar-refractivity contribution in [1.82, 2.24) is 0 Å². The van der Waals surface area contributed by atoms with Gasteiger partial charge in [-0.15, -0.1) is 0 Å². The van der Waals surface area contributed by atoms with Crippen molar-refractivity contribution in [2.45, 2.75) is 264 Å². The summed E-state index contributed by atoms with van der Waals surface area (Å²) in [6.07, 6.45) is 93.8. The molecule has 0 spiro atoms. The van der Waals surface area contributed by atoms with Crippen LogP contribution in [0.4, 0.5) is 0 Å². The van der Waals surface area contributed by atoms with Crippen molar-refractivity contribution < 1.29 is 28.6 Å². The summed E-state index contributed by atoms with van der Waals surface area (Å²) in [7, 11) is 0. The molecule has 0 heterocycles. The Bertz CT molecular complexity index is 1760. The van der Waals surface area contributed by atoms with Crippen LogP contribution in [0.25, 0.3) is 0 Å². The molecule has 0 amide bonds. The summed E-state index contributed by atoms with van der Waals surface area (Å²) in [4.78, 5) is 38.3. The van der Waals surface area contributed by atoms with E-state index in [-0.39, 0.29) is 31.1 Å². The Hall–Kier alpha value is -4.97. The topological polar surface area (TPSA) is 78.9 Å². The van der Waals surface area contributed by atoms with E-state index in [4.69, 9.17) is 14.2 Å². The highest BCUT2D eigenvalue weighted by Gasteiger charge is 2.19. The smallest absolute Gasteiger partial charge is 0.306 e. The van der Waals surface area contributed by atoms with E-state index in [0.29, 0.717) is 19.3 Å². The molecule has 0 radical (unpaired) electrons. The molecule has 0 rings (SSSR count). The molecule has 0 N–H and O–H groups in total. The van der Waals surface area contributed by atoms with Crippen LogP contribution in [0.1, 0.15) is 258 Å². The highest BCUT2D eigenvalue weighted by Crippen LogP contribution is 2.14. The Morgan fingerprint density at radius 2 is 0.500 bits per heavy atom. The highest BCUT2D eigenvalue weighted by molar-refractivity contribution is 5.71. The maximum absolute atomic E-state index is 12.9. The molecule has 0 aliphatic heterocycles. The van der Waals surface area contributed by atoms with Crippen LogP contribution >= 0.6 is 0 Å². The van der Waals surface area contributed by atoms with Crippen LogP contribution in [0.3, 0.4) is 0 Å². The molecular weight excluding hydrogens is 961 g/mol. The SMILES string of the molecule is CC/C=C\C/C=C\C/C=C\C/C=C\C/C=C\C/C=C\C/C=C\CCCCCCCC(=O)OCC(COC(=O)CCCCCCC/C=C\CCCCC)OC(=O)CCCCCCC/C=C\C/C=C\C/C=C\C/C=C\C/C=C\CC. The van der Waals surface area contributed by atoms with Crippen LogP contribution in [0.2, 0.25) is 0 Å². The van der Waals surface area contributed by atoms with Gasteiger partial charge in [0.1, 0.15) is 13.2 Å². The van der Waals surface area contributed by atoms with Crippen molar-refractivity contribution in [3.8, 4) is 0 Å². The lowest BCUT2D eigenvalue weighted by molar-refractivity contribution is -0.167.